The number of benzene rings is 1. The van der Waals surface area contributed by atoms with E-state index in [1.807, 2.05) is 18.2 Å². The van der Waals surface area contributed by atoms with E-state index in [1.165, 1.54) is 5.56 Å². The van der Waals surface area contributed by atoms with Crippen molar-refractivity contribution in [3.63, 3.8) is 0 Å². The van der Waals surface area contributed by atoms with Gasteiger partial charge in [-0.15, -0.1) is 0 Å². The fourth-order valence-corrected chi connectivity index (χ4v) is 2.21. The Morgan fingerprint density at radius 3 is 2.88 bits per heavy atom. The zero-order valence-corrected chi connectivity index (χ0v) is 10.8. The summed E-state index contributed by atoms with van der Waals surface area (Å²) in [7, 11) is 0. The Labute approximate surface area is 106 Å². The van der Waals surface area contributed by atoms with Crippen LogP contribution in [0.25, 0.3) is 0 Å². The number of para-hydroxylation sites is 2. The lowest BCUT2D eigenvalue weighted by molar-refractivity contribution is 0.319. The zero-order chi connectivity index (χ0) is 11.9. The van der Waals surface area contributed by atoms with Gasteiger partial charge in [-0.25, -0.2) is 0 Å². The van der Waals surface area contributed by atoms with E-state index in [2.05, 4.69) is 35.1 Å². The molecule has 0 spiro atoms. The van der Waals surface area contributed by atoms with Gasteiger partial charge in [0.25, 0.3) is 0 Å². The Kier molecular flexibility index (Phi) is 4.45. The van der Waals surface area contributed by atoms with Crippen molar-refractivity contribution in [2.45, 2.75) is 19.9 Å². The molecule has 1 aromatic heterocycles. The first kappa shape index (κ1) is 12.0. The lowest BCUT2D eigenvalue weighted by Gasteiger charge is -2.12. The van der Waals surface area contributed by atoms with E-state index in [9.17, 15) is 0 Å². The maximum Gasteiger partial charge on any atom is 0.142 e. The van der Waals surface area contributed by atoms with Gasteiger partial charge in [-0.2, -0.15) is 11.3 Å². The third-order valence-electron chi connectivity index (χ3n) is 2.41. The molecular weight excluding hydrogens is 230 g/mol. The molecule has 0 atom stereocenters. The topological polar surface area (TPSA) is 21.3 Å². The number of thiophene rings is 1. The second kappa shape index (κ2) is 6.30. The highest BCUT2D eigenvalue weighted by Crippen LogP contribution is 2.24. The first-order chi connectivity index (χ1) is 8.40. The molecule has 2 aromatic rings. The Morgan fingerprint density at radius 2 is 2.12 bits per heavy atom. The van der Waals surface area contributed by atoms with E-state index >= 15 is 0 Å². The summed E-state index contributed by atoms with van der Waals surface area (Å²) < 4.78 is 5.70. The molecule has 0 saturated heterocycles. The average molecular weight is 247 g/mol. The van der Waals surface area contributed by atoms with Crippen molar-refractivity contribution >= 4 is 17.0 Å². The molecule has 0 fully saturated rings. The van der Waals surface area contributed by atoms with E-state index in [1.54, 1.807) is 11.3 Å². The molecule has 0 radical (unpaired) electrons. The highest BCUT2D eigenvalue weighted by atomic mass is 32.1. The van der Waals surface area contributed by atoms with Gasteiger partial charge < -0.3 is 10.1 Å². The summed E-state index contributed by atoms with van der Waals surface area (Å²) in [6.45, 7) is 3.72. The van der Waals surface area contributed by atoms with Crippen LogP contribution in [-0.2, 0) is 6.54 Å². The van der Waals surface area contributed by atoms with Crippen LogP contribution in [0, 0.1) is 0 Å². The van der Waals surface area contributed by atoms with Crippen LogP contribution in [0.5, 0.6) is 5.75 Å². The minimum atomic E-state index is 0.761. The van der Waals surface area contributed by atoms with Crippen LogP contribution in [0.15, 0.2) is 41.1 Å². The molecule has 1 N–H and O–H groups in total. The quantitative estimate of drug-likeness (QED) is 0.828. The maximum absolute atomic E-state index is 5.70. The Bertz CT molecular complexity index is 439. The summed E-state index contributed by atoms with van der Waals surface area (Å²) >= 11 is 1.72. The zero-order valence-electron chi connectivity index (χ0n) is 9.98. The molecule has 0 aliphatic rings. The minimum Gasteiger partial charge on any atom is -0.491 e. The Balaban J connectivity index is 1.99. The molecule has 0 unspecified atom stereocenters. The SMILES string of the molecule is CCCOc1ccccc1NCc1ccsc1. The second-order valence-electron chi connectivity index (χ2n) is 3.83. The normalized spacial score (nSPS) is 10.2. The van der Waals surface area contributed by atoms with Crippen molar-refractivity contribution in [1.29, 1.82) is 0 Å². The molecule has 2 rings (SSSR count). The van der Waals surface area contributed by atoms with Crippen molar-refractivity contribution in [3.8, 4) is 5.75 Å². The van der Waals surface area contributed by atoms with Crippen LogP contribution < -0.4 is 10.1 Å². The number of rotatable bonds is 6. The Hall–Kier alpha value is -1.48. The molecule has 3 heteroatoms. The minimum absolute atomic E-state index is 0.761. The monoisotopic (exact) mass is 247 g/mol. The number of anilines is 1. The lowest BCUT2D eigenvalue weighted by Crippen LogP contribution is -2.02. The molecule has 1 aromatic carbocycles. The van der Waals surface area contributed by atoms with Crippen molar-refractivity contribution < 1.29 is 4.74 Å². The summed E-state index contributed by atoms with van der Waals surface area (Å²) in [5, 5.41) is 7.66. The predicted octanol–water partition coefficient (Wildman–Crippen LogP) is 4.15. The number of hydrogen-bond donors (Lipinski definition) is 1. The predicted molar refractivity (Wildman–Crippen MR) is 73.9 cm³/mol. The summed E-state index contributed by atoms with van der Waals surface area (Å²) in [5.74, 6) is 0.935. The maximum atomic E-state index is 5.70. The molecule has 0 aliphatic heterocycles. The molecule has 0 amide bonds. The highest BCUT2D eigenvalue weighted by molar-refractivity contribution is 7.07. The van der Waals surface area contributed by atoms with Crippen LogP contribution in [0.2, 0.25) is 0 Å². The van der Waals surface area contributed by atoms with Crippen LogP contribution in [0.3, 0.4) is 0 Å². The van der Waals surface area contributed by atoms with Gasteiger partial charge in [0.1, 0.15) is 5.75 Å². The van der Waals surface area contributed by atoms with Crippen molar-refractivity contribution in [2.24, 2.45) is 0 Å². The summed E-state index contributed by atoms with van der Waals surface area (Å²) in [6, 6.07) is 10.2. The molecule has 0 aliphatic carbocycles. The highest BCUT2D eigenvalue weighted by Gasteiger charge is 2.02. The van der Waals surface area contributed by atoms with Gasteiger partial charge in [0.2, 0.25) is 0 Å². The van der Waals surface area contributed by atoms with Crippen LogP contribution in [0.4, 0.5) is 5.69 Å². The van der Waals surface area contributed by atoms with Gasteiger partial charge in [0.15, 0.2) is 0 Å². The molecular formula is C14H17NOS. The van der Waals surface area contributed by atoms with E-state index in [-0.39, 0.29) is 0 Å². The van der Waals surface area contributed by atoms with E-state index in [0.717, 1.165) is 31.0 Å². The van der Waals surface area contributed by atoms with Crippen molar-refractivity contribution in [1.82, 2.24) is 0 Å². The largest absolute Gasteiger partial charge is 0.491 e. The average Bonchev–Trinajstić information content (AvgIpc) is 2.88. The van der Waals surface area contributed by atoms with Crippen LogP contribution >= 0.6 is 11.3 Å². The standard InChI is InChI=1S/C14H17NOS/c1-2-8-16-14-6-4-3-5-13(14)15-10-12-7-9-17-11-12/h3-7,9,11,15H,2,8,10H2,1H3. The summed E-state index contributed by atoms with van der Waals surface area (Å²) in [5.41, 5.74) is 2.37. The molecule has 0 bridgehead atoms. The first-order valence-corrected chi connectivity index (χ1v) is 6.81. The number of hydrogen-bond acceptors (Lipinski definition) is 3. The molecule has 0 saturated carbocycles. The van der Waals surface area contributed by atoms with Gasteiger partial charge >= 0.3 is 0 Å². The van der Waals surface area contributed by atoms with Gasteiger partial charge in [-0.3, -0.25) is 0 Å². The summed E-state index contributed by atoms with van der Waals surface area (Å²) in [4.78, 5) is 0. The third kappa shape index (κ3) is 3.49. The van der Waals surface area contributed by atoms with E-state index in [4.69, 9.17) is 4.74 Å². The van der Waals surface area contributed by atoms with Crippen LogP contribution in [0.1, 0.15) is 18.9 Å². The van der Waals surface area contributed by atoms with Gasteiger partial charge in [0, 0.05) is 6.54 Å². The fraction of sp³-hybridized carbons (Fsp3) is 0.286. The van der Waals surface area contributed by atoms with Gasteiger partial charge in [-0.1, -0.05) is 19.1 Å². The molecule has 1 heterocycles. The summed E-state index contributed by atoms with van der Waals surface area (Å²) in [6.07, 6.45) is 1.03. The second-order valence-corrected chi connectivity index (χ2v) is 4.61. The smallest absolute Gasteiger partial charge is 0.142 e. The van der Waals surface area contributed by atoms with E-state index < -0.39 is 0 Å². The van der Waals surface area contributed by atoms with Gasteiger partial charge in [-0.05, 0) is 40.9 Å². The van der Waals surface area contributed by atoms with Crippen molar-refractivity contribution in [2.75, 3.05) is 11.9 Å². The third-order valence-corrected chi connectivity index (χ3v) is 3.14. The van der Waals surface area contributed by atoms with E-state index in [0.29, 0.717) is 0 Å². The fourth-order valence-electron chi connectivity index (χ4n) is 1.54. The number of ether oxygens (including phenoxy) is 1. The molecule has 2 nitrogen and oxygen atoms in total. The Morgan fingerprint density at radius 1 is 1.24 bits per heavy atom. The lowest BCUT2D eigenvalue weighted by atomic mass is 10.2. The first-order valence-electron chi connectivity index (χ1n) is 5.87. The number of nitrogens with one attached hydrogen (secondary N) is 1. The van der Waals surface area contributed by atoms with Crippen LogP contribution in [-0.4, -0.2) is 6.61 Å². The molecule has 17 heavy (non-hydrogen) atoms. The van der Waals surface area contributed by atoms with Gasteiger partial charge in [0.05, 0.1) is 12.3 Å². The molecule has 90 valence electrons. The van der Waals surface area contributed by atoms with Crippen molar-refractivity contribution in [3.05, 3.63) is 46.7 Å².